The van der Waals surface area contributed by atoms with Crippen LogP contribution in [0.4, 0.5) is 0 Å². The molecule has 21 heavy (non-hydrogen) atoms. The van der Waals surface area contributed by atoms with Gasteiger partial charge in [0.2, 0.25) is 11.8 Å². The van der Waals surface area contributed by atoms with Crippen LogP contribution in [0.3, 0.4) is 0 Å². The number of rotatable bonds is 5. The average Bonchev–Trinajstić information content (AvgIpc) is 2.96. The minimum absolute atomic E-state index is 0. The number of amides is 2. The van der Waals surface area contributed by atoms with Crippen LogP contribution in [-0.2, 0) is 14.3 Å². The Morgan fingerprint density at radius 1 is 1.14 bits per heavy atom. The van der Waals surface area contributed by atoms with Crippen LogP contribution < -0.4 is 5.73 Å². The van der Waals surface area contributed by atoms with Crippen molar-refractivity contribution in [2.45, 2.75) is 18.9 Å². The van der Waals surface area contributed by atoms with Crippen molar-refractivity contribution in [1.29, 1.82) is 0 Å². The van der Waals surface area contributed by atoms with E-state index in [1.807, 2.05) is 4.90 Å². The number of ether oxygens (including phenoxy) is 1. The number of halogens is 1. The third-order valence-corrected chi connectivity index (χ3v) is 4.69. The molecule has 1 unspecified atom stereocenters. The quantitative estimate of drug-likeness (QED) is 0.761. The van der Waals surface area contributed by atoms with Gasteiger partial charge in [-0.2, -0.15) is 0 Å². The maximum absolute atomic E-state index is 12.1. The van der Waals surface area contributed by atoms with E-state index in [4.69, 9.17) is 10.5 Å². The van der Waals surface area contributed by atoms with Gasteiger partial charge in [-0.1, -0.05) is 0 Å². The molecule has 122 valence electrons. The molecule has 2 aliphatic rings. The summed E-state index contributed by atoms with van der Waals surface area (Å²) >= 11 is 1.40. The number of hydrogen-bond donors (Lipinski definition) is 1. The van der Waals surface area contributed by atoms with Gasteiger partial charge in [0.1, 0.15) is 0 Å². The lowest BCUT2D eigenvalue weighted by Crippen LogP contribution is -2.42. The highest BCUT2D eigenvalue weighted by atomic mass is 35.5. The molecule has 6 nitrogen and oxygen atoms in total. The average molecular weight is 338 g/mol. The summed E-state index contributed by atoms with van der Waals surface area (Å²) in [6.07, 6.45) is 2.03. The lowest BCUT2D eigenvalue weighted by atomic mass is 10.2. The van der Waals surface area contributed by atoms with Crippen molar-refractivity contribution >= 4 is 36.0 Å². The highest BCUT2D eigenvalue weighted by Gasteiger charge is 2.27. The molecule has 2 aliphatic heterocycles. The summed E-state index contributed by atoms with van der Waals surface area (Å²) in [5.41, 5.74) is 5.66. The number of thioether (sulfide) groups is 1. The van der Waals surface area contributed by atoms with Crippen LogP contribution in [-0.4, -0.2) is 78.6 Å². The first kappa shape index (κ1) is 18.5. The van der Waals surface area contributed by atoms with Crippen LogP contribution in [0.2, 0.25) is 0 Å². The van der Waals surface area contributed by atoms with Gasteiger partial charge in [0, 0.05) is 32.2 Å². The van der Waals surface area contributed by atoms with Crippen LogP contribution >= 0.6 is 24.2 Å². The summed E-state index contributed by atoms with van der Waals surface area (Å²) in [4.78, 5) is 27.7. The number of hydrogen-bond acceptors (Lipinski definition) is 5. The Labute approximate surface area is 136 Å². The maximum atomic E-state index is 12.1. The largest absolute Gasteiger partial charge is 0.378 e. The van der Waals surface area contributed by atoms with Crippen LogP contribution in [0.5, 0.6) is 0 Å². The van der Waals surface area contributed by atoms with Gasteiger partial charge in [0.15, 0.2) is 0 Å². The molecule has 0 aromatic rings. The van der Waals surface area contributed by atoms with Gasteiger partial charge in [-0.25, -0.2) is 0 Å². The van der Waals surface area contributed by atoms with Crippen molar-refractivity contribution in [3.8, 4) is 0 Å². The summed E-state index contributed by atoms with van der Waals surface area (Å²) < 4.78 is 5.21. The number of nitrogens with two attached hydrogens (primary N) is 1. The Kier molecular flexibility index (Phi) is 8.39. The fourth-order valence-electron chi connectivity index (χ4n) is 2.62. The van der Waals surface area contributed by atoms with E-state index in [2.05, 4.69) is 0 Å². The third-order valence-electron chi connectivity index (χ3n) is 3.78. The molecule has 2 rings (SSSR count). The van der Waals surface area contributed by atoms with Crippen LogP contribution in [0, 0.1) is 0 Å². The Bertz CT molecular complexity index is 354. The molecule has 0 radical (unpaired) electrons. The lowest BCUT2D eigenvalue weighted by molar-refractivity contribution is -0.132. The minimum atomic E-state index is 0. The lowest BCUT2D eigenvalue weighted by Gasteiger charge is -2.27. The summed E-state index contributed by atoms with van der Waals surface area (Å²) in [5, 5.41) is 0. The molecule has 1 atom stereocenters. The van der Waals surface area contributed by atoms with Gasteiger partial charge >= 0.3 is 0 Å². The summed E-state index contributed by atoms with van der Waals surface area (Å²) in [5.74, 6) is 0.944. The molecule has 0 aromatic carbocycles. The Morgan fingerprint density at radius 3 is 2.48 bits per heavy atom. The first-order chi connectivity index (χ1) is 9.72. The molecule has 0 spiro atoms. The van der Waals surface area contributed by atoms with Gasteiger partial charge in [-0.3, -0.25) is 9.59 Å². The molecule has 2 N–H and O–H groups in total. The van der Waals surface area contributed by atoms with Gasteiger partial charge in [0.05, 0.1) is 24.7 Å². The second-order valence-electron chi connectivity index (χ2n) is 5.10. The fraction of sp³-hybridized carbons (Fsp3) is 0.846. The zero-order chi connectivity index (χ0) is 14.4. The summed E-state index contributed by atoms with van der Waals surface area (Å²) in [6, 6.07) is 0.193. The predicted molar refractivity (Wildman–Crippen MR) is 85.8 cm³/mol. The number of morpholine rings is 1. The molecule has 2 fully saturated rings. The standard InChI is InChI=1S/C13H23N3O3S.ClH/c14-8-11-2-1-3-16(11)13(18)10-20-9-12(17)15-4-6-19-7-5-15;/h11H,1-10,14H2;1H. The minimum Gasteiger partial charge on any atom is -0.378 e. The molecule has 0 aromatic heterocycles. The molecule has 0 saturated carbocycles. The van der Waals surface area contributed by atoms with E-state index in [1.165, 1.54) is 11.8 Å². The molecule has 2 heterocycles. The molecule has 0 aliphatic carbocycles. The first-order valence-corrected chi connectivity index (χ1v) is 8.30. The maximum Gasteiger partial charge on any atom is 0.232 e. The molecular weight excluding hydrogens is 314 g/mol. The van der Waals surface area contributed by atoms with E-state index in [0.717, 1.165) is 19.4 Å². The SMILES string of the molecule is Cl.NCC1CCCN1C(=O)CSCC(=O)N1CCOCC1. The highest BCUT2D eigenvalue weighted by molar-refractivity contribution is 8.00. The summed E-state index contributed by atoms with van der Waals surface area (Å²) in [7, 11) is 0. The summed E-state index contributed by atoms with van der Waals surface area (Å²) in [6.45, 7) is 3.88. The highest BCUT2D eigenvalue weighted by Crippen LogP contribution is 2.17. The number of carbonyl (C=O) groups excluding carboxylic acids is 2. The van der Waals surface area contributed by atoms with E-state index in [-0.39, 0.29) is 30.3 Å². The van der Waals surface area contributed by atoms with Crippen molar-refractivity contribution < 1.29 is 14.3 Å². The first-order valence-electron chi connectivity index (χ1n) is 7.15. The van der Waals surface area contributed by atoms with Crippen LogP contribution in [0.15, 0.2) is 0 Å². The zero-order valence-corrected chi connectivity index (χ0v) is 13.8. The van der Waals surface area contributed by atoms with E-state index in [9.17, 15) is 9.59 Å². The van der Waals surface area contributed by atoms with Crippen molar-refractivity contribution in [3.63, 3.8) is 0 Å². The van der Waals surface area contributed by atoms with E-state index >= 15 is 0 Å². The number of likely N-dealkylation sites (tertiary alicyclic amines) is 1. The van der Waals surface area contributed by atoms with E-state index < -0.39 is 0 Å². The van der Waals surface area contributed by atoms with Gasteiger partial charge in [0.25, 0.3) is 0 Å². The van der Waals surface area contributed by atoms with Crippen molar-refractivity contribution in [3.05, 3.63) is 0 Å². The van der Waals surface area contributed by atoms with Gasteiger partial charge in [-0.15, -0.1) is 24.2 Å². The second kappa shape index (κ2) is 9.50. The van der Waals surface area contributed by atoms with E-state index in [0.29, 0.717) is 44.4 Å². The normalized spacial score (nSPS) is 22.0. The van der Waals surface area contributed by atoms with E-state index in [1.54, 1.807) is 4.90 Å². The number of nitrogens with zero attached hydrogens (tertiary/aromatic N) is 2. The van der Waals surface area contributed by atoms with Gasteiger partial charge < -0.3 is 20.3 Å². The molecule has 0 bridgehead atoms. The molecular formula is C13H24ClN3O3S. The Morgan fingerprint density at radius 2 is 1.81 bits per heavy atom. The molecule has 2 saturated heterocycles. The third kappa shape index (κ3) is 5.32. The van der Waals surface area contributed by atoms with Gasteiger partial charge in [-0.05, 0) is 12.8 Å². The van der Waals surface area contributed by atoms with Crippen molar-refractivity contribution in [2.24, 2.45) is 5.73 Å². The Hall–Kier alpha value is -0.500. The second-order valence-corrected chi connectivity index (χ2v) is 6.09. The molecule has 2 amide bonds. The van der Waals surface area contributed by atoms with Crippen LogP contribution in [0.1, 0.15) is 12.8 Å². The fourth-order valence-corrected chi connectivity index (χ4v) is 3.42. The Balaban J connectivity index is 0.00000220. The monoisotopic (exact) mass is 337 g/mol. The van der Waals surface area contributed by atoms with Crippen molar-refractivity contribution in [1.82, 2.24) is 9.80 Å². The predicted octanol–water partition coefficient (Wildman–Crippen LogP) is -0.0501. The topological polar surface area (TPSA) is 75.9 Å². The smallest absolute Gasteiger partial charge is 0.232 e. The molecule has 8 heteroatoms. The zero-order valence-electron chi connectivity index (χ0n) is 12.2. The number of carbonyl (C=O) groups is 2. The van der Waals surface area contributed by atoms with Crippen LogP contribution in [0.25, 0.3) is 0 Å². The van der Waals surface area contributed by atoms with Crippen molar-refractivity contribution in [2.75, 3.05) is 50.9 Å².